The quantitative estimate of drug-likeness (QED) is 0.505. The molecule has 0 radical (unpaired) electrons. The molecule has 0 fully saturated rings. The Bertz CT molecular complexity index is 1040. The molecule has 31 heavy (non-hydrogen) atoms. The minimum absolute atomic E-state index is 0.0167. The topological polar surface area (TPSA) is 49.3 Å². The van der Waals surface area contributed by atoms with Crippen LogP contribution in [-0.2, 0) is 11.3 Å². The van der Waals surface area contributed by atoms with E-state index < -0.39 is 5.97 Å². The number of carboxylic acids is 1. The summed E-state index contributed by atoms with van der Waals surface area (Å²) < 4.78 is 12.8. The third-order valence-electron chi connectivity index (χ3n) is 5.79. The molecular formula is C27H30FNO2. The van der Waals surface area contributed by atoms with Gasteiger partial charge in [-0.3, -0.25) is 0 Å². The zero-order valence-electron chi connectivity index (χ0n) is 18.1. The van der Waals surface area contributed by atoms with E-state index in [1.807, 2.05) is 37.3 Å². The monoisotopic (exact) mass is 419 g/mol. The fourth-order valence-electron chi connectivity index (χ4n) is 3.98. The molecule has 3 rings (SSSR count). The van der Waals surface area contributed by atoms with Gasteiger partial charge in [-0.25, -0.2) is 9.18 Å². The number of nitrogens with one attached hydrogen (secondary N) is 1. The Morgan fingerprint density at radius 1 is 1.10 bits per heavy atom. The second kappa shape index (κ2) is 10.9. The maximum Gasteiger partial charge on any atom is 0.331 e. The first kappa shape index (κ1) is 22.7. The van der Waals surface area contributed by atoms with Gasteiger partial charge in [0.25, 0.3) is 0 Å². The maximum atomic E-state index is 12.8. The highest BCUT2D eigenvalue weighted by atomic mass is 19.1. The van der Waals surface area contributed by atoms with Crippen LogP contribution in [0.3, 0.4) is 0 Å². The Labute approximate surface area is 183 Å². The zero-order valence-corrected chi connectivity index (χ0v) is 18.1. The fourth-order valence-corrected chi connectivity index (χ4v) is 3.98. The van der Waals surface area contributed by atoms with Gasteiger partial charge in [-0.2, -0.15) is 0 Å². The van der Waals surface area contributed by atoms with E-state index in [0.717, 1.165) is 18.4 Å². The average Bonchev–Trinajstić information content (AvgIpc) is 2.98. The average molecular weight is 420 g/mol. The first-order chi connectivity index (χ1) is 14.9. The van der Waals surface area contributed by atoms with Crippen molar-refractivity contribution < 1.29 is 14.3 Å². The first-order valence-corrected chi connectivity index (χ1v) is 10.7. The number of hydrogen-bond acceptors (Lipinski definition) is 2. The van der Waals surface area contributed by atoms with Crippen LogP contribution in [0.4, 0.5) is 4.39 Å². The molecular weight excluding hydrogens is 389 g/mol. The molecule has 0 spiro atoms. The summed E-state index contributed by atoms with van der Waals surface area (Å²) in [7, 11) is 0. The van der Waals surface area contributed by atoms with E-state index >= 15 is 0 Å². The number of aliphatic carboxylic acids is 1. The molecule has 0 aromatic heterocycles. The maximum absolute atomic E-state index is 12.8. The molecule has 2 aromatic carbocycles. The van der Waals surface area contributed by atoms with E-state index in [1.165, 1.54) is 29.3 Å². The van der Waals surface area contributed by atoms with Crippen molar-refractivity contribution >= 4 is 16.7 Å². The Morgan fingerprint density at radius 3 is 2.58 bits per heavy atom. The number of fused-ring (bicyclic) bond motifs is 1. The van der Waals surface area contributed by atoms with E-state index in [-0.39, 0.29) is 17.8 Å². The first-order valence-electron chi connectivity index (χ1n) is 10.7. The Kier molecular flexibility index (Phi) is 7.96. The third kappa shape index (κ3) is 6.76. The molecule has 2 N–H and O–H groups in total. The van der Waals surface area contributed by atoms with E-state index in [0.29, 0.717) is 18.5 Å². The SMILES string of the molecule is C\C(F)=C/C=C\C=C(/C)C1CCC(NCc2ccc3ccccc3c2)C=C(C(=O)O)C1. The summed E-state index contributed by atoms with van der Waals surface area (Å²) in [6.45, 7) is 4.11. The minimum Gasteiger partial charge on any atom is -0.478 e. The summed E-state index contributed by atoms with van der Waals surface area (Å²) in [6.07, 6.45) is 11.0. The molecule has 1 aliphatic rings. The summed E-state index contributed by atoms with van der Waals surface area (Å²) in [5.41, 5.74) is 2.75. The van der Waals surface area contributed by atoms with Crippen LogP contribution in [-0.4, -0.2) is 17.1 Å². The van der Waals surface area contributed by atoms with Gasteiger partial charge in [0.2, 0.25) is 0 Å². The Balaban J connectivity index is 1.67. The van der Waals surface area contributed by atoms with Gasteiger partial charge >= 0.3 is 5.97 Å². The molecule has 2 unspecified atom stereocenters. The second-order valence-corrected chi connectivity index (χ2v) is 8.19. The van der Waals surface area contributed by atoms with E-state index in [9.17, 15) is 14.3 Å². The Hall–Kier alpha value is -2.98. The predicted molar refractivity (Wildman–Crippen MR) is 125 cm³/mol. The number of rotatable bonds is 7. The molecule has 0 amide bonds. The van der Waals surface area contributed by atoms with Crippen molar-refractivity contribution in [3.63, 3.8) is 0 Å². The zero-order chi connectivity index (χ0) is 22.2. The standard InChI is InChI=1S/C27H30FNO2/c1-19(7-3-4-8-20(2)28)23-13-14-26(17-25(16-23)27(30)31)29-18-21-11-12-22-9-5-6-10-24(22)15-21/h3-12,15,17,23,26,29H,13-14,16,18H2,1-2H3,(H,30,31)/b4-3-,19-7+,20-8+. The van der Waals surface area contributed by atoms with Crippen molar-refractivity contribution in [1.82, 2.24) is 5.32 Å². The molecule has 0 heterocycles. The van der Waals surface area contributed by atoms with Gasteiger partial charge in [-0.15, -0.1) is 0 Å². The molecule has 0 saturated heterocycles. The minimum atomic E-state index is -0.858. The van der Waals surface area contributed by atoms with Crippen LogP contribution in [0.5, 0.6) is 0 Å². The normalized spacial score (nSPS) is 20.7. The molecule has 3 nitrogen and oxygen atoms in total. The van der Waals surface area contributed by atoms with Crippen LogP contribution in [0, 0.1) is 5.92 Å². The lowest BCUT2D eigenvalue weighted by Crippen LogP contribution is -2.27. The molecule has 162 valence electrons. The van der Waals surface area contributed by atoms with Crippen molar-refractivity contribution in [3.8, 4) is 0 Å². The molecule has 2 aromatic rings. The van der Waals surface area contributed by atoms with Gasteiger partial charge < -0.3 is 10.4 Å². The smallest absolute Gasteiger partial charge is 0.331 e. The largest absolute Gasteiger partial charge is 0.478 e. The lowest BCUT2D eigenvalue weighted by atomic mass is 9.90. The van der Waals surface area contributed by atoms with Crippen LogP contribution in [0.15, 0.2) is 89.8 Å². The van der Waals surface area contributed by atoms with Crippen LogP contribution in [0.1, 0.15) is 38.7 Å². The van der Waals surface area contributed by atoms with Gasteiger partial charge in [0, 0.05) is 18.2 Å². The van der Waals surface area contributed by atoms with E-state index in [1.54, 1.807) is 6.08 Å². The molecule has 0 bridgehead atoms. The van der Waals surface area contributed by atoms with Gasteiger partial charge in [-0.1, -0.05) is 66.3 Å². The van der Waals surface area contributed by atoms with Gasteiger partial charge in [0.05, 0.1) is 5.83 Å². The van der Waals surface area contributed by atoms with E-state index in [2.05, 4.69) is 35.6 Å². The highest BCUT2D eigenvalue weighted by Gasteiger charge is 2.23. The highest BCUT2D eigenvalue weighted by molar-refractivity contribution is 5.87. The van der Waals surface area contributed by atoms with Crippen molar-refractivity contribution in [2.24, 2.45) is 5.92 Å². The van der Waals surface area contributed by atoms with Gasteiger partial charge in [0.15, 0.2) is 0 Å². The number of benzene rings is 2. The van der Waals surface area contributed by atoms with E-state index in [4.69, 9.17) is 0 Å². The fraction of sp³-hybridized carbons (Fsp3) is 0.296. The molecule has 2 atom stereocenters. The number of halogens is 1. The summed E-state index contributed by atoms with van der Waals surface area (Å²) in [6, 6.07) is 14.7. The van der Waals surface area contributed by atoms with Crippen molar-refractivity contribution in [3.05, 3.63) is 95.4 Å². The summed E-state index contributed by atoms with van der Waals surface area (Å²) in [5, 5.41) is 15.6. The van der Waals surface area contributed by atoms with Crippen LogP contribution in [0.2, 0.25) is 0 Å². The molecule has 0 saturated carbocycles. The van der Waals surface area contributed by atoms with Crippen molar-refractivity contribution in [2.45, 2.75) is 45.7 Å². The van der Waals surface area contributed by atoms with Gasteiger partial charge in [-0.05, 0) is 67.5 Å². The Morgan fingerprint density at radius 2 is 1.84 bits per heavy atom. The second-order valence-electron chi connectivity index (χ2n) is 8.19. The van der Waals surface area contributed by atoms with Crippen molar-refractivity contribution in [1.29, 1.82) is 0 Å². The van der Waals surface area contributed by atoms with Crippen molar-refractivity contribution in [2.75, 3.05) is 0 Å². The summed E-state index contributed by atoms with van der Waals surface area (Å²) in [5.74, 6) is -0.938. The lowest BCUT2D eigenvalue weighted by Gasteiger charge is -2.17. The third-order valence-corrected chi connectivity index (χ3v) is 5.79. The molecule has 1 aliphatic carbocycles. The number of carboxylic acid groups (broad SMARTS) is 1. The molecule has 0 aliphatic heterocycles. The predicted octanol–water partition coefficient (Wildman–Crippen LogP) is 6.48. The highest BCUT2D eigenvalue weighted by Crippen LogP contribution is 2.29. The number of hydrogen-bond donors (Lipinski definition) is 2. The summed E-state index contributed by atoms with van der Waals surface area (Å²) in [4.78, 5) is 11.8. The van der Waals surface area contributed by atoms with Crippen LogP contribution >= 0.6 is 0 Å². The van der Waals surface area contributed by atoms with Gasteiger partial charge in [0.1, 0.15) is 0 Å². The van der Waals surface area contributed by atoms with Crippen LogP contribution in [0.25, 0.3) is 10.8 Å². The summed E-state index contributed by atoms with van der Waals surface area (Å²) >= 11 is 0. The number of allylic oxidation sites excluding steroid dienone is 6. The lowest BCUT2D eigenvalue weighted by molar-refractivity contribution is -0.132. The van der Waals surface area contributed by atoms with Crippen LogP contribution < -0.4 is 5.32 Å². The number of carbonyl (C=O) groups is 1. The molecule has 4 heteroatoms.